The molecule has 0 fully saturated rings. The standard InChI is InChI=1S/C82H118Br2O8Si3/c1-11-13-15-31-37-65(3)89-79-57-47-71(63-77(79)83)81(85)91-75-53-43-69(44-54-75)67-39-49-73(50-40-67)87-59-33-27-23-19-17-21-25-29-35-61-93(5,6)95(9,10)94(7,8)62-36-30-26-22-18-20-24-28-34-60-88-74-51-41-68(42-52-74)70-45-55-76(56-46-70)92-82(86)72-48-58-80(78(84)64-72)90-66(4)38-32-16-14-12-2/h39-58,63-66H,11-38,59-62H2,1-10H3. The van der Waals surface area contributed by atoms with Gasteiger partial charge in [0.1, 0.15) is 34.5 Å². The zero-order valence-corrected chi connectivity index (χ0v) is 66.2. The molecule has 0 aliphatic heterocycles. The largest absolute Gasteiger partial charge is 0.494 e. The molecule has 6 rings (SSSR count). The van der Waals surface area contributed by atoms with Crippen LogP contribution in [0.1, 0.15) is 228 Å². The molecule has 0 amide bonds. The number of benzene rings is 6. The summed E-state index contributed by atoms with van der Waals surface area (Å²) in [5.41, 5.74) is 5.22. The van der Waals surface area contributed by atoms with Gasteiger partial charge in [-0.05, 0) is 191 Å². The zero-order chi connectivity index (χ0) is 68.3. The lowest BCUT2D eigenvalue weighted by atomic mass is 10.1. The molecule has 8 nitrogen and oxygen atoms in total. The summed E-state index contributed by atoms with van der Waals surface area (Å²) < 4.78 is 37.5. The van der Waals surface area contributed by atoms with Gasteiger partial charge in [-0.3, -0.25) is 0 Å². The van der Waals surface area contributed by atoms with E-state index >= 15 is 0 Å². The van der Waals surface area contributed by atoms with E-state index in [1.807, 2.05) is 84.9 Å². The van der Waals surface area contributed by atoms with Crippen molar-refractivity contribution in [2.24, 2.45) is 0 Å². The summed E-state index contributed by atoms with van der Waals surface area (Å²) in [4.78, 5) is 26.0. The van der Waals surface area contributed by atoms with Crippen LogP contribution in [0.3, 0.4) is 0 Å². The maximum absolute atomic E-state index is 13.0. The van der Waals surface area contributed by atoms with E-state index in [0.29, 0.717) is 22.6 Å². The predicted molar refractivity (Wildman–Crippen MR) is 416 cm³/mol. The fourth-order valence-corrected chi connectivity index (χ4v) is 48.0. The molecule has 0 bridgehead atoms. The second kappa shape index (κ2) is 42.8. The molecule has 0 aromatic heterocycles. The Morgan fingerprint density at radius 2 is 0.642 bits per heavy atom. The number of carbonyl (C=O) groups is 2. The highest BCUT2D eigenvalue weighted by atomic mass is 79.9. The van der Waals surface area contributed by atoms with Crippen LogP contribution in [0.4, 0.5) is 0 Å². The van der Waals surface area contributed by atoms with Crippen molar-refractivity contribution in [3.05, 3.63) is 154 Å². The second-order valence-electron chi connectivity index (χ2n) is 28.7. The highest BCUT2D eigenvalue weighted by Crippen LogP contribution is 2.38. The minimum Gasteiger partial charge on any atom is -0.494 e. The third-order valence-corrected chi connectivity index (χ3v) is 65.4. The summed E-state index contributed by atoms with van der Waals surface area (Å²) in [7, 11) is -3.72. The fourth-order valence-electron chi connectivity index (χ4n) is 12.7. The number of rotatable bonds is 48. The summed E-state index contributed by atoms with van der Waals surface area (Å²) in [5.74, 6) is 3.48. The van der Waals surface area contributed by atoms with Crippen molar-refractivity contribution in [3.63, 3.8) is 0 Å². The van der Waals surface area contributed by atoms with Gasteiger partial charge in [0.25, 0.3) is 0 Å². The number of unbranched alkanes of at least 4 members (excludes halogenated alkanes) is 22. The normalized spacial score (nSPS) is 12.5. The first kappa shape index (κ1) is 79.1. The van der Waals surface area contributed by atoms with Gasteiger partial charge >= 0.3 is 11.9 Å². The Morgan fingerprint density at radius 3 is 0.947 bits per heavy atom. The summed E-state index contributed by atoms with van der Waals surface area (Å²) in [6, 6.07) is 45.7. The number of halogens is 2. The van der Waals surface area contributed by atoms with Gasteiger partial charge in [0.05, 0.1) is 45.5 Å². The summed E-state index contributed by atoms with van der Waals surface area (Å²) in [5, 5.41) is 0. The van der Waals surface area contributed by atoms with Crippen molar-refractivity contribution < 1.29 is 38.0 Å². The van der Waals surface area contributed by atoms with E-state index in [4.69, 9.17) is 28.4 Å². The lowest BCUT2D eigenvalue weighted by molar-refractivity contribution is 0.0725. The quantitative estimate of drug-likeness (QED) is 0.0162. The van der Waals surface area contributed by atoms with Gasteiger partial charge in [-0.1, -0.05) is 255 Å². The average molecular weight is 1480 g/mol. The van der Waals surface area contributed by atoms with Crippen LogP contribution in [-0.2, 0) is 0 Å². The highest BCUT2D eigenvalue weighted by molar-refractivity contribution is 9.11. The molecule has 0 spiro atoms. The molecule has 0 saturated carbocycles. The SMILES string of the molecule is CCCCCCC(C)Oc1ccc(C(=O)Oc2ccc(-c3ccc(OCCCCCCCCCCC[Si](C)(C)[Si](C)(C)[Si](C)(C)CCCCCCCCCCCOc4ccc(-c5ccc(OC(=O)c6ccc(OC(C)CCCCCC)c(Br)c6)cc5)cc4)cc3)cc2)cc1Br. The molecule has 2 unspecified atom stereocenters. The third-order valence-electron chi connectivity index (χ3n) is 20.2. The van der Waals surface area contributed by atoms with Crippen molar-refractivity contribution in [3.8, 4) is 56.8 Å². The second-order valence-corrected chi connectivity index (χ2v) is 59.3. The molecule has 520 valence electrons. The van der Waals surface area contributed by atoms with Crippen LogP contribution in [0.25, 0.3) is 22.3 Å². The first-order chi connectivity index (χ1) is 45.8. The molecule has 0 heterocycles. The zero-order valence-electron chi connectivity index (χ0n) is 60.0. The smallest absolute Gasteiger partial charge is 0.343 e. The molecule has 0 N–H and O–H groups in total. The number of hydrogen-bond acceptors (Lipinski definition) is 8. The van der Waals surface area contributed by atoms with Crippen molar-refractivity contribution in [2.75, 3.05) is 13.2 Å². The molecule has 2 atom stereocenters. The molecule has 6 aromatic rings. The Kier molecular flexibility index (Phi) is 35.6. The molecule has 0 aliphatic carbocycles. The van der Waals surface area contributed by atoms with E-state index < -0.39 is 34.2 Å². The Balaban J connectivity index is 0.726. The van der Waals surface area contributed by atoms with Crippen LogP contribution in [0.15, 0.2) is 142 Å². The molecule has 0 aliphatic rings. The van der Waals surface area contributed by atoms with Crippen LogP contribution >= 0.6 is 31.9 Å². The van der Waals surface area contributed by atoms with Crippen molar-refractivity contribution in [1.29, 1.82) is 0 Å². The molecule has 0 saturated heterocycles. The maximum atomic E-state index is 13.0. The molecular weight excluding hydrogens is 1360 g/mol. The number of esters is 2. The number of carbonyl (C=O) groups excluding carboxylic acids is 2. The lowest BCUT2D eigenvalue weighted by Crippen LogP contribution is -2.69. The van der Waals surface area contributed by atoms with E-state index in [-0.39, 0.29) is 12.2 Å². The number of hydrogen-bond donors (Lipinski definition) is 0. The predicted octanol–water partition coefficient (Wildman–Crippen LogP) is 26.2. The molecule has 13 heteroatoms. The van der Waals surface area contributed by atoms with Gasteiger partial charge in [-0.15, -0.1) is 0 Å². The summed E-state index contributed by atoms with van der Waals surface area (Å²) in [6.45, 7) is 26.8. The molecule has 0 radical (unpaired) electrons. The van der Waals surface area contributed by atoms with Crippen molar-refractivity contribution >= 4 is 66.1 Å². The first-order valence-corrected chi connectivity index (χ1v) is 49.8. The average Bonchev–Trinajstić information content (AvgIpc) is 0.784. The maximum Gasteiger partial charge on any atom is 0.343 e. The van der Waals surface area contributed by atoms with Gasteiger partial charge in [0.2, 0.25) is 0 Å². The van der Waals surface area contributed by atoms with Gasteiger partial charge in [-0.2, -0.15) is 0 Å². The minimum absolute atomic E-state index is 0.111. The molecule has 95 heavy (non-hydrogen) atoms. The van der Waals surface area contributed by atoms with E-state index in [1.54, 1.807) is 24.3 Å². The Labute approximate surface area is 594 Å². The van der Waals surface area contributed by atoms with Crippen LogP contribution in [0, 0.1) is 0 Å². The highest BCUT2D eigenvalue weighted by Gasteiger charge is 2.50. The minimum atomic E-state index is -1.25. The topological polar surface area (TPSA) is 89.5 Å². The summed E-state index contributed by atoms with van der Waals surface area (Å²) >= 11 is 7.18. The van der Waals surface area contributed by atoms with Crippen LogP contribution in [0.5, 0.6) is 34.5 Å². The van der Waals surface area contributed by atoms with E-state index in [0.717, 1.165) is 106 Å². The first-order valence-electron chi connectivity index (χ1n) is 36.8. The van der Waals surface area contributed by atoms with Crippen molar-refractivity contribution in [1.82, 2.24) is 0 Å². The van der Waals surface area contributed by atoms with Gasteiger partial charge in [0.15, 0.2) is 0 Å². The van der Waals surface area contributed by atoms with Gasteiger partial charge in [0, 0.05) is 22.3 Å². The molecule has 6 aromatic carbocycles. The Morgan fingerprint density at radius 1 is 0.358 bits per heavy atom. The Hall–Kier alpha value is -4.93. The third kappa shape index (κ3) is 28.1. The molecular formula is C82H118Br2O8Si3. The van der Waals surface area contributed by atoms with Crippen LogP contribution in [-0.4, -0.2) is 59.7 Å². The number of ether oxygens (including phenoxy) is 6. The van der Waals surface area contributed by atoms with Crippen LogP contribution in [0.2, 0.25) is 51.4 Å². The van der Waals surface area contributed by atoms with Gasteiger partial charge < -0.3 is 28.4 Å². The monoisotopic (exact) mass is 1470 g/mol. The van der Waals surface area contributed by atoms with E-state index in [9.17, 15) is 9.59 Å². The van der Waals surface area contributed by atoms with E-state index in [1.165, 1.54) is 153 Å². The van der Waals surface area contributed by atoms with Gasteiger partial charge in [-0.25, -0.2) is 9.59 Å². The lowest BCUT2D eigenvalue weighted by Gasteiger charge is -2.49. The van der Waals surface area contributed by atoms with Crippen LogP contribution < -0.4 is 28.4 Å². The Bertz CT molecular complexity index is 2920. The summed E-state index contributed by atoms with van der Waals surface area (Å²) in [6.07, 6.45) is 35.8. The van der Waals surface area contributed by atoms with Crippen molar-refractivity contribution in [2.45, 2.75) is 271 Å². The fraction of sp³-hybridized carbons (Fsp3) is 0.537. The van der Waals surface area contributed by atoms with E-state index in [2.05, 4.69) is 123 Å².